The summed E-state index contributed by atoms with van der Waals surface area (Å²) in [7, 11) is -3.76. The lowest BCUT2D eigenvalue weighted by molar-refractivity contribution is -0.137. The number of carbonyl (C=O) groups excluding carboxylic acids is 1. The largest absolute Gasteiger partial charge is 0.416 e. The Morgan fingerprint density at radius 2 is 1.64 bits per heavy atom. The summed E-state index contributed by atoms with van der Waals surface area (Å²) in [6.07, 6.45) is -4.47. The molecular weight excluding hydrogens is 461 g/mol. The van der Waals surface area contributed by atoms with Crippen LogP contribution in [-0.4, -0.2) is 31.7 Å². The maximum absolute atomic E-state index is 12.6. The number of halogens is 4. The van der Waals surface area contributed by atoms with Crippen LogP contribution in [0.25, 0.3) is 0 Å². The minimum Gasteiger partial charge on any atom is -0.322 e. The molecule has 2 rings (SSSR count). The number of nitrogens with zero attached hydrogens (tertiary/aromatic N) is 1. The monoisotopic (exact) mass is 478 g/mol. The van der Waals surface area contributed by atoms with E-state index in [1.165, 1.54) is 22.5 Å². The van der Waals surface area contributed by atoms with Gasteiger partial charge in [-0.3, -0.25) is 4.79 Å². The van der Waals surface area contributed by atoms with Crippen LogP contribution in [0.2, 0.25) is 0 Å². The molecule has 2 aromatic rings. The van der Waals surface area contributed by atoms with Gasteiger partial charge in [-0.25, -0.2) is 8.42 Å². The molecule has 2 aromatic carbocycles. The second-order valence-corrected chi connectivity index (χ2v) is 8.55. The molecule has 0 bridgehead atoms. The molecule has 0 aromatic heterocycles. The van der Waals surface area contributed by atoms with Gasteiger partial charge >= 0.3 is 6.18 Å². The smallest absolute Gasteiger partial charge is 0.322 e. The van der Waals surface area contributed by atoms with E-state index in [-0.39, 0.29) is 29.2 Å². The molecule has 5 nitrogen and oxygen atoms in total. The van der Waals surface area contributed by atoms with Gasteiger partial charge in [-0.15, -0.1) is 0 Å². The molecule has 1 amide bonds. The first-order valence-corrected chi connectivity index (χ1v) is 10.5. The van der Waals surface area contributed by atoms with Gasteiger partial charge in [-0.2, -0.15) is 17.5 Å². The van der Waals surface area contributed by atoms with Crippen molar-refractivity contribution in [1.29, 1.82) is 0 Å². The predicted molar refractivity (Wildman–Crippen MR) is 104 cm³/mol. The fraction of sp³-hybridized carbons (Fsp3) is 0.278. The maximum Gasteiger partial charge on any atom is 0.416 e. The van der Waals surface area contributed by atoms with Gasteiger partial charge in [-0.05, 0) is 58.4 Å². The van der Waals surface area contributed by atoms with Crippen LogP contribution in [-0.2, 0) is 16.2 Å². The van der Waals surface area contributed by atoms with Gasteiger partial charge in [-0.1, -0.05) is 13.8 Å². The highest BCUT2D eigenvalue weighted by atomic mass is 79.9. The molecule has 0 heterocycles. The van der Waals surface area contributed by atoms with Crippen LogP contribution in [0.1, 0.15) is 29.8 Å². The van der Waals surface area contributed by atoms with Crippen molar-refractivity contribution in [2.75, 3.05) is 18.4 Å². The van der Waals surface area contributed by atoms with E-state index in [2.05, 4.69) is 21.2 Å². The van der Waals surface area contributed by atoms with Crippen LogP contribution in [0.15, 0.2) is 51.8 Å². The standard InChI is InChI=1S/C18H18BrF3N2O3S/c1-3-24(4-2)28(26,27)14-9-10-16(19)15(11-14)17(25)23-13-7-5-12(6-8-13)18(20,21)22/h5-11H,3-4H2,1-2H3,(H,23,25). The number of alkyl halides is 3. The summed E-state index contributed by atoms with van der Waals surface area (Å²) in [5, 5.41) is 2.47. The van der Waals surface area contributed by atoms with Gasteiger partial charge in [0.1, 0.15) is 0 Å². The molecule has 0 unspecified atom stereocenters. The first kappa shape index (κ1) is 22.4. The topological polar surface area (TPSA) is 66.5 Å². The third-order valence-electron chi connectivity index (χ3n) is 4.00. The van der Waals surface area contributed by atoms with Crippen molar-refractivity contribution >= 4 is 37.5 Å². The molecule has 0 aliphatic rings. The predicted octanol–water partition coefficient (Wildman–Crippen LogP) is 4.75. The van der Waals surface area contributed by atoms with Gasteiger partial charge in [0, 0.05) is 23.2 Å². The van der Waals surface area contributed by atoms with Gasteiger partial charge in [0.25, 0.3) is 5.91 Å². The van der Waals surface area contributed by atoms with E-state index in [4.69, 9.17) is 0 Å². The Balaban J connectivity index is 2.31. The molecule has 0 atom stereocenters. The van der Waals surface area contributed by atoms with Crippen LogP contribution in [0.5, 0.6) is 0 Å². The highest BCUT2D eigenvalue weighted by Gasteiger charge is 2.30. The number of rotatable bonds is 6. The van der Waals surface area contributed by atoms with Gasteiger partial charge in [0.15, 0.2) is 0 Å². The van der Waals surface area contributed by atoms with Crippen LogP contribution >= 0.6 is 15.9 Å². The number of amides is 1. The summed E-state index contributed by atoms with van der Waals surface area (Å²) in [5.74, 6) is -0.650. The first-order valence-electron chi connectivity index (χ1n) is 8.29. The summed E-state index contributed by atoms with van der Waals surface area (Å²) in [6.45, 7) is 3.97. The zero-order chi connectivity index (χ0) is 21.1. The molecule has 10 heteroatoms. The molecular formula is C18H18BrF3N2O3S. The van der Waals surface area contributed by atoms with Crippen LogP contribution in [0.3, 0.4) is 0 Å². The van der Waals surface area contributed by atoms with Crippen molar-refractivity contribution in [2.45, 2.75) is 24.9 Å². The van der Waals surface area contributed by atoms with Gasteiger partial charge < -0.3 is 5.32 Å². The van der Waals surface area contributed by atoms with E-state index in [9.17, 15) is 26.4 Å². The lowest BCUT2D eigenvalue weighted by Gasteiger charge is -2.19. The second-order valence-electron chi connectivity index (χ2n) is 5.76. The molecule has 0 radical (unpaired) electrons. The highest BCUT2D eigenvalue weighted by Crippen LogP contribution is 2.30. The van der Waals surface area contributed by atoms with Crippen molar-refractivity contribution < 1.29 is 26.4 Å². The van der Waals surface area contributed by atoms with E-state index in [1.807, 2.05) is 0 Å². The Bertz CT molecular complexity index is 957. The molecule has 0 fully saturated rings. The number of carbonyl (C=O) groups is 1. The Hall–Kier alpha value is -1.91. The van der Waals surface area contributed by atoms with E-state index < -0.39 is 27.7 Å². The van der Waals surface area contributed by atoms with Crippen molar-refractivity contribution in [3.05, 3.63) is 58.1 Å². The minimum absolute atomic E-state index is 0.0445. The summed E-state index contributed by atoms with van der Waals surface area (Å²) < 4.78 is 64.8. The van der Waals surface area contributed by atoms with Gasteiger partial charge in [0.2, 0.25) is 10.0 Å². The second kappa shape index (κ2) is 8.62. The zero-order valence-electron chi connectivity index (χ0n) is 15.0. The lowest BCUT2D eigenvalue weighted by atomic mass is 10.1. The van der Waals surface area contributed by atoms with Crippen molar-refractivity contribution in [3.8, 4) is 0 Å². The first-order chi connectivity index (χ1) is 13.0. The molecule has 0 spiro atoms. The fourth-order valence-corrected chi connectivity index (χ4v) is 4.40. The Morgan fingerprint density at radius 3 is 2.14 bits per heavy atom. The third-order valence-corrected chi connectivity index (χ3v) is 6.73. The summed E-state index contributed by atoms with van der Waals surface area (Å²) in [6, 6.07) is 8.02. The molecule has 0 aliphatic heterocycles. The number of benzene rings is 2. The van der Waals surface area contributed by atoms with Crippen LogP contribution in [0, 0.1) is 0 Å². The Kier molecular flexibility index (Phi) is 6.89. The maximum atomic E-state index is 12.6. The third kappa shape index (κ3) is 4.92. The molecule has 0 aliphatic carbocycles. The molecule has 1 N–H and O–H groups in total. The van der Waals surface area contributed by atoms with E-state index in [0.29, 0.717) is 4.47 Å². The number of sulfonamides is 1. The van der Waals surface area contributed by atoms with Crippen LogP contribution < -0.4 is 5.32 Å². The Labute approximate surface area is 169 Å². The van der Waals surface area contributed by atoms with E-state index >= 15 is 0 Å². The quantitative estimate of drug-likeness (QED) is 0.651. The Morgan fingerprint density at radius 1 is 1.07 bits per heavy atom. The minimum atomic E-state index is -4.47. The average Bonchev–Trinajstić information content (AvgIpc) is 2.62. The number of anilines is 1. The van der Waals surface area contributed by atoms with Crippen molar-refractivity contribution in [2.24, 2.45) is 0 Å². The summed E-state index contributed by atoms with van der Waals surface area (Å²) >= 11 is 3.20. The van der Waals surface area contributed by atoms with E-state index in [1.54, 1.807) is 13.8 Å². The van der Waals surface area contributed by atoms with Crippen molar-refractivity contribution in [3.63, 3.8) is 0 Å². The summed E-state index contributed by atoms with van der Waals surface area (Å²) in [5.41, 5.74) is -0.631. The van der Waals surface area contributed by atoms with Crippen molar-refractivity contribution in [1.82, 2.24) is 4.31 Å². The lowest BCUT2D eigenvalue weighted by Crippen LogP contribution is -2.30. The fourth-order valence-electron chi connectivity index (χ4n) is 2.49. The zero-order valence-corrected chi connectivity index (χ0v) is 17.5. The molecule has 0 saturated carbocycles. The summed E-state index contributed by atoms with van der Waals surface area (Å²) in [4.78, 5) is 12.5. The number of hydrogen-bond acceptors (Lipinski definition) is 3. The molecule has 28 heavy (non-hydrogen) atoms. The van der Waals surface area contributed by atoms with E-state index in [0.717, 1.165) is 24.3 Å². The number of hydrogen-bond donors (Lipinski definition) is 1. The normalized spacial score (nSPS) is 12.2. The SMILES string of the molecule is CCN(CC)S(=O)(=O)c1ccc(Br)c(C(=O)Nc2ccc(C(F)(F)F)cc2)c1. The van der Waals surface area contributed by atoms with Crippen LogP contribution in [0.4, 0.5) is 18.9 Å². The highest BCUT2D eigenvalue weighted by molar-refractivity contribution is 9.10. The van der Waals surface area contributed by atoms with Gasteiger partial charge in [0.05, 0.1) is 16.0 Å². The molecule has 152 valence electrons. The average molecular weight is 479 g/mol. The number of nitrogens with one attached hydrogen (secondary N) is 1. The molecule has 0 saturated heterocycles.